The molecule has 0 bridgehead atoms. The Balaban J connectivity index is 1.88. The fourth-order valence-electron chi connectivity index (χ4n) is 1.66. The molecule has 0 aliphatic carbocycles. The number of thioether (sulfide) groups is 2. The molecule has 1 aromatic rings. The van der Waals surface area contributed by atoms with Gasteiger partial charge in [0.1, 0.15) is 10.7 Å². The van der Waals surface area contributed by atoms with Crippen LogP contribution in [0.15, 0.2) is 0 Å². The van der Waals surface area contributed by atoms with Gasteiger partial charge in [-0.05, 0) is 6.92 Å². The van der Waals surface area contributed by atoms with E-state index in [1.165, 1.54) is 22.8 Å². The Morgan fingerprint density at radius 1 is 1.53 bits per heavy atom. The van der Waals surface area contributed by atoms with Gasteiger partial charge in [0.25, 0.3) is 5.91 Å². The molecule has 0 radical (unpaired) electrons. The van der Waals surface area contributed by atoms with Crippen LogP contribution in [0.4, 0.5) is 10.9 Å². The molecule has 0 saturated carbocycles. The molecule has 0 aromatic carbocycles. The minimum atomic E-state index is -0.115. The summed E-state index contributed by atoms with van der Waals surface area (Å²) in [6.45, 7) is 3.45. The fraction of sp³-hybridized carbons (Fsp3) is 0.636. The molecule has 0 spiro atoms. The number of nitrogens with one attached hydrogen (secondary N) is 2. The summed E-state index contributed by atoms with van der Waals surface area (Å²) in [5.74, 6) is 3.67. The molecule has 1 fully saturated rings. The summed E-state index contributed by atoms with van der Waals surface area (Å²) >= 11 is 5.18. The average Bonchev–Trinajstić information content (AvgIpc) is 2.79. The monoisotopic (exact) mass is 318 g/mol. The predicted octanol–water partition coefficient (Wildman–Crippen LogP) is 1.74. The average molecular weight is 318 g/mol. The number of thiazole rings is 1. The summed E-state index contributed by atoms with van der Waals surface area (Å²) in [5, 5.41) is 7.23. The second kappa shape index (κ2) is 7.25. The lowest BCUT2D eigenvalue weighted by Gasteiger charge is -2.20. The quantitative estimate of drug-likeness (QED) is 0.767. The zero-order valence-electron chi connectivity index (χ0n) is 10.8. The maximum atomic E-state index is 12.1. The normalized spacial score (nSPS) is 19.1. The highest BCUT2D eigenvalue weighted by molar-refractivity contribution is 8.06. The first-order chi connectivity index (χ1) is 9.20. The van der Waals surface area contributed by atoms with E-state index in [-0.39, 0.29) is 5.91 Å². The Labute approximate surface area is 125 Å². The molecule has 4 N–H and O–H groups in total. The van der Waals surface area contributed by atoms with Crippen molar-refractivity contribution >= 4 is 51.7 Å². The molecule has 1 amide bonds. The van der Waals surface area contributed by atoms with E-state index in [9.17, 15) is 4.79 Å². The van der Waals surface area contributed by atoms with Crippen LogP contribution in [0, 0.1) is 0 Å². The Morgan fingerprint density at radius 3 is 3.05 bits per heavy atom. The SMILES string of the molecule is CCNc1nc(N)c(C(=O)NCC2CSCCS2)s1. The highest BCUT2D eigenvalue weighted by Crippen LogP contribution is 2.26. The van der Waals surface area contributed by atoms with Gasteiger partial charge >= 0.3 is 0 Å². The summed E-state index contributed by atoms with van der Waals surface area (Å²) in [7, 11) is 0. The van der Waals surface area contributed by atoms with Crippen LogP contribution >= 0.6 is 34.9 Å². The number of nitrogen functional groups attached to an aromatic ring is 1. The van der Waals surface area contributed by atoms with Gasteiger partial charge in [-0.25, -0.2) is 4.98 Å². The number of nitrogens with zero attached hydrogens (tertiary/aromatic N) is 1. The number of carbonyl (C=O) groups excluding carboxylic acids is 1. The molecule has 1 aliphatic rings. The van der Waals surface area contributed by atoms with Gasteiger partial charge in [-0.15, -0.1) is 0 Å². The van der Waals surface area contributed by atoms with Gasteiger partial charge in [0.2, 0.25) is 0 Å². The molecule has 2 heterocycles. The lowest BCUT2D eigenvalue weighted by Crippen LogP contribution is -2.33. The third-order valence-corrected chi connectivity index (χ3v) is 6.44. The van der Waals surface area contributed by atoms with Gasteiger partial charge < -0.3 is 16.4 Å². The standard InChI is InChI=1S/C11H18N4OS3/c1-2-13-11-15-9(12)8(19-11)10(16)14-5-7-6-17-3-4-18-7/h7H,2-6,12H2,1H3,(H,13,15)(H,14,16). The van der Waals surface area contributed by atoms with Crippen LogP contribution in [0.25, 0.3) is 0 Å². The van der Waals surface area contributed by atoms with Crippen molar-refractivity contribution in [3.63, 3.8) is 0 Å². The first kappa shape index (κ1) is 14.8. The van der Waals surface area contributed by atoms with Gasteiger partial charge in [0.05, 0.1) is 0 Å². The van der Waals surface area contributed by atoms with E-state index in [0.29, 0.717) is 27.6 Å². The van der Waals surface area contributed by atoms with Gasteiger partial charge in [0, 0.05) is 35.6 Å². The first-order valence-electron chi connectivity index (χ1n) is 6.18. The number of hydrogen-bond acceptors (Lipinski definition) is 7. The number of amides is 1. The zero-order chi connectivity index (χ0) is 13.7. The highest BCUT2D eigenvalue weighted by Gasteiger charge is 2.19. The van der Waals surface area contributed by atoms with E-state index >= 15 is 0 Å². The Hall–Kier alpha value is -0.600. The predicted molar refractivity (Wildman–Crippen MR) is 86.6 cm³/mol. The smallest absolute Gasteiger partial charge is 0.265 e. The molecular formula is C11H18N4OS3. The number of hydrogen-bond donors (Lipinski definition) is 3. The lowest BCUT2D eigenvalue weighted by molar-refractivity contribution is 0.0959. The van der Waals surface area contributed by atoms with Gasteiger partial charge in [-0.1, -0.05) is 11.3 Å². The van der Waals surface area contributed by atoms with Crippen molar-refractivity contribution in [2.45, 2.75) is 12.2 Å². The maximum absolute atomic E-state index is 12.1. The number of anilines is 2. The molecule has 1 aromatic heterocycles. The number of carbonyl (C=O) groups is 1. The first-order valence-corrected chi connectivity index (χ1v) is 9.20. The highest BCUT2D eigenvalue weighted by atomic mass is 32.2. The third kappa shape index (κ3) is 4.19. The van der Waals surface area contributed by atoms with E-state index < -0.39 is 0 Å². The number of nitrogens with two attached hydrogens (primary N) is 1. The minimum Gasteiger partial charge on any atom is -0.382 e. The van der Waals surface area contributed by atoms with E-state index in [0.717, 1.165) is 12.3 Å². The lowest BCUT2D eigenvalue weighted by atomic mass is 10.4. The molecule has 1 aliphatic heterocycles. The van der Waals surface area contributed by atoms with Crippen LogP contribution < -0.4 is 16.4 Å². The van der Waals surface area contributed by atoms with Gasteiger partial charge in [-0.2, -0.15) is 23.5 Å². The van der Waals surface area contributed by atoms with Crippen molar-refractivity contribution < 1.29 is 4.79 Å². The summed E-state index contributed by atoms with van der Waals surface area (Å²) in [5.41, 5.74) is 5.77. The molecule has 8 heteroatoms. The van der Waals surface area contributed by atoms with Crippen molar-refractivity contribution in [1.82, 2.24) is 10.3 Å². The summed E-state index contributed by atoms with van der Waals surface area (Å²) in [4.78, 5) is 16.7. The fourth-order valence-corrected chi connectivity index (χ4v) is 5.14. The van der Waals surface area contributed by atoms with Crippen LogP contribution in [0.2, 0.25) is 0 Å². The van der Waals surface area contributed by atoms with E-state index in [1.807, 2.05) is 30.4 Å². The summed E-state index contributed by atoms with van der Waals surface area (Å²) in [6.07, 6.45) is 0. The van der Waals surface area contributed by atoms with Crippen molar-refractivity contribution in [1.29, 1.82) is 0 Å². The molecule has 19 heavy (non-hydrogen) atoms. The van der Waals surface area contributed by atoms with Crippen LogP contribution in [-0.4, -0.2) is 46.5 Å². The Bertz CT molecular complexity index is 432. The van der Waals surface area contributed by atoms with E-state index in [2.05, 4.69) is 15.6 Å². The third-order valence-electron chi connectivity index (χ3n) is 2.56. The Morgan fingerprint density at radius 2 is 2.37 bits per heavy atom. The number of aromatic nitrogens is 1. The van der Waals surface area contributed by atoms with Crippen LogP contribution in [0.5, 0.6) is 0 Å². The molecule has 1 atom stereocenters. The van der Waals surface area contributed by atoms with Gasteiger partial charge in [0.15, 0.2) is 5.13 Å². The molecule has 5 nitrogen and oxygen atoms in total. The van der Waals surface area contributed by atoms with Crippen LogP contribution in [-0.2, 0) is 0 Å². The van der Waals surface area contributed by atoms with Crippen LogP contribution in [0.1, 0.15) is 16.6 Å². The number of rotatable bonds is 5. The summed E-state index contributed by atoms with van der Waals surface area (Å²) < 4.78 is 0. The molecule has 1 saturated heterocycles. The van der Waals surface area contributed by atoms with Crippen molar-refractivity contribution in [2.75, 3.05) is 41.4 Å². The van der Waals surface area contributed by atoms with Crippen molar-refractivity contribution in [3.8, 4) is 0 Å². The van der Waals surface area contributed by atoms with E-state index in [1.54, 1.807) is 0 Å². The zero-order valence-corrected chi connectivity index (χ0v) is 13.2. The topological polar surface area (TPSA) is 80.0 Å². The Kier molecular flexibility index (Phi) is 5.65. The summed E-state index contributed by atoms with van der Waals surface area (Å²) in [6, 6.07) is 0. The molecule has 106 valence electrons. The van der Waals surface area contributed by atoms with Crippen molar-refractivity contribution in [2.24, 2.45) is 0 Å². The second-order valence-corrected chi connectivity index (χ2v) is 7.60. The molecule has 2 rings (SSSR count). The van der Waals surface area contributed by atoms with E-state index in [4.69, 9.17) is 5.73 Å². The van der Waals surface area contributed by atoms with Gasteiger partial charge in [-0.3, -0.25) is 4.79 Å². The molecule has 1 unspecified atom stereocenters. The maximum Gasteiger partial charge on any atom is 0.265 e. The van der Waals surface area contributed by atoms with Crippen LogP contribution in [0.3, 0.4) is 0 Å². The molecular weight excluding hydrogens is 300 g/mol. The largest absolute Gasteiger partial charge is 0.382 e. The van der Waals surface area contributed by atoms with Crippen molar-refractivity contribution in [3.05, 3.63) is 4.88 Å². The minimum absolute atomic E-state index is 0.115. The second-order valence-electron chi connectivity index (χ2n) is 4.04.